The number of carbonyl (C=O) groups excluding carboxylic acids is 1. The first-order valence-corrected chi connectivity index (χ1v) is 11.9. The minimum absolute atomic E-state index is 0.110. The van der Waals surface area contributed by atoms with Gasteiger partial charge >= 0.3 is 0 Å². The van der Waals surface area contributed by atoms with Gasteiger partial charge in [-0.1, -0.05) is 48.1 Å². The van der Waals surface area contributed by atoms with Gasteiger partial charge in [0, 0.05) is 17.3 Å². The second-order valence-corrected chi connectivity index (χ2v) is 9.17. The average molecular weight is 484 g/mol. The normalized spacial score (nSPS) is 14.8. The quantitative estimate of drug-likeness (QED) is 0.228. The molecule has 1 saturated heterocycles. The summed E-state index contributed by atoms with van der Waals surface area (Å²) in [5, 5.41) is 4.75. The molecule has 0 atom stereocenters. The Bertz CT molecular complexity index is 1390. The Morgan fingerprint density at radius 1 is 0.941 bits per heavy atom. The summed E-state index contributed by atoms with van der Waals surface area (Å²) in [5.74, 6) is 0.776. The first kappa shape index (κ1) is 22.1. The zero-order valence-electron chi connectivity index (χ0n) is 18.6. The largest absolute Gasteiger partial charge is 0.497 e. The van der Waals surface area contributed by atoms with E-state index in [4.69, 9.17) is 22.1 Å². The van der Waals surface area contributed by atoms with Gasteiger partial charge in [0.05, 0.1) is 29.1 Å². The third-order valence-corrected chi connectivity index (χ3v) is 6.92. The molecule has 0 unspecified atom stereocenters. The van der Waals surface area contributed by atoms with Gasteiger partial charge in [-0.25, -0.2) is 4.68 Å². The molecule has 1 aromatic heterocycles. The van der Waals surface area contributed by atoms with Gasteiger partial charge in [-0.15, -0.1) is 0 Å². The monoisotopic (exact) mass is 483 g/mol. The van der Waals surface area contributed by atoms with E-state index in [2.05, 4.69) is 0 Å². The summed E-state index contributed by atoms with van der Waals surface area (Å²) in [7, 11) is 1.64. The summed E-state index contributed by atoms with van der Waals surface area (Å²) in [4.78, 5) is 15.6. The number of carbonyl (C=O) groups is 1. The van der Waals surface area contributed by atoms with Crippen LogP contribution < -0.4 is 9.64 Å². The molecule has 4 aromatic rings. The minimum Gasteiger partial charge on any atom is -0.497 e. The van der Waals surface area contributed by atoms with E-state index in [9.17, 15) is 4.79 Å². The van der Waals surface area contributed by atoms with Gasteiger partial charge in [-0.2, -0.15) is 5.10 Å². The lowest BCUT2D eigenvalue weighted by molar-refractivity contribution is 0.268. The Hall–Kier alpha value is -3.68. The molecule has 1 amide bonds. The lowest BCUT2D eigenvalue weighted by Crippen LogP contribution is -2.26. The molecule has 168 valence electrons. The number of amides is 1. The van der Waals surface area contributed by atoms with Crippen LogP contribution in [0.4, 0.5) is 10.5 Å². The summed E-state index contributed by atoms with van der Waals surface area (Å²) in [6, 6.07) is 25.5. The van der Waals surface area contributed by atoms with Crippen LogP contribution in [-0.4, -0.2) is 27.1 Å². The first-order valence-electron chi connectivity index (χ1n) is 10.7. The van der Waals surface area contributed by atoms with Gasteiger partial charge in [0.25, 0.3) is 5.24 Å². The molecular formula is C27H21N3O2S2. The number of benzene rings is 3. The number of anilines is 1. The Morgan fingerprint density at radius 3 is 2.32 bits per heavy atom. The third kappa shape index (κ3) is 4.27. The highest BCUT2D eigenvalue weighted by molar-refractivity contribution is 8.20. The second-order valence-electron chi connectivity index (χ2n) is 7.79. The number of rotatable bonds is 5. The Morgan fingerprint density at radius 2 is 1.65 bits per heavy atom. The van der Waals surface area contributed by atoms with E-state index in [1.807, 2.05) is 103 Å². The SMILES string of the molecule is COc1ccc(-c2nn(-c3ccccc3)cc2/C=C2\SC(=O)N(c3ccc(C)cc3)C2=S)cc1. The standard InChI is InChI=1S/C27H21N3O2S2/c1-18-8-12-22(13-9-18)30-26(33)24(34-27(30)31)16-20-17-29(21-6-4-3-5-7-21)28-25(20)19-10-14-23(32-2)15-11-19/h3-17H,1-2H3/b24-16-. The van der Waals surface area contributed by atoms with Crippen LogP contribution in [0.5, 0.6) is 5.75 Å². The van der Waals surface area contributed by atoms with Crippen LogP contribution >= 0.6 is 24.0 Å². The molecular weight excluding hydrogens is 462 g/mol. The zero-order chi connectivity index (χ0) is 23.7. The number of aryl methyl sites for hydroxylation is 1. The highest BCUT2D eigenvalue weighted by Gasteiger charge is 2.33. The number of para-hydroxylation sites is 1. The fraction of sp³-hybridized carbons (Fsp3) is 0.0741. The molecule has 0 spiro atoms. The number of hydrogen-bond acceptors (Lipinski definition) is 5. The summed E-state index contributed by atoms with van der Waals surface area (Å²) in [6.07, 6.45) is 3.91. The smallest absolute Gasteiger partial charge is 0.296 e. The van der Waals surface area contributed by atoms with Crippen LogP contribution in [-0.2, 0) is 0 Å². The lowest BCUT2D eigenvalue weighted by Gasteiger charge is -2.14. The summed E-state index contributed by atoms with van der Waals surface area (Å²) in [5.41, 5.74) is 5.45. The number of nitrogens with zero attached hydrogens (tertiary/aromatic N) is 3. The maximum atomic E-state index is 12.8. The van der Waals surface area contributed by atoms with Gasteiger partial charge in [0.1, 0.15) is 10.7 Å². The van der Waals surface area contributed by atoms with E-state index in [0.29, 0.717) is 4.99 Å². The van der Waals surface area contributed by atoms with Crippen molar-refractivity contribution in [2.75, 3.05) is 12.0 Å². The molecule has 0 bridgehead atoms. The molecule has 3 aromatic carbocycles. The molecule has 0 aliphatic carbocycles. The van der Waals surface area contributed by atoms with E-state index in [1.165, 1.54) is 0 Å². The van der Waals surface area contributed by atoms with Gasteiger partial charge in [-0.3, -0.25) is 9.69 Å². The zero-order valence-corrected chi connectivity index (χ0v) is 20.3. The van der Waals surface area contributed by atoms with Crippen molar-refractivity contribution in [3.8, 4) is 22.7 Å². The maximum Gasteiger partial charge on any atom is 0.296 e. The van der Waals surface area contributed by atoms with Crippen molar-refractivity contribution < 1.29 is 9.53 Å². The fourth-order valence-corrected chi connectivity index (χ4v) is 4.98. The van der Waals surface area contributed by atoms with Crippen molar-refractivity contribution in [2.24, 2.45) is 0 Å². The molecule has 0 saturated carbocycles. The van der Waals surface area contributed by atoms with Gasteiger partial charge < -0.3 is 4.74 Å². The van der Waals surface area contributed by atoms with Gasteiger partial charge in [0.2, 0.25) is 0 Å². The second kappa shape index (κ2) is 9.29. The van der Waals surface area contributed by atoms with Gasteiger partial charge in [-0.05, 0) is 73.3 Å². The fourth-order valence-electron chi connectivity index (χ4n) is 3.70. The number of thioether (sulfide) groups is 1. The van der Waals surface area contributed by atoms with Crippen LogP contribution in [0.3, 0.4) is 0 Å². The van der Waals surface area contributed by atoms with E-state index in [0.717, 1.165) is 56.2 Å². The summed E-state index contributed by atoms with van der Waals surface area (Å²) in [6.45, 7) is 2.01. The van der Waals surface area contributed by atoms with E-state index in [1.54, 1.807) is 12.0 Å². The first-order chi connectivity index (χ1) is 16.5. The number of hydrogen-bond donors (Lipinski definition) is 0. The van der Waals surface area contributed by atoms with Crippen molar-refractivity contribution >= 4 is 46.0 Å². The van der Waals surface area contributed by atoms with Crippen LogP contribution in [0.15, 0.2) is 90.0 Å². The average Bonchev–Trinajstić information content (AvgIpc) is 3.41. The summed E-state index contributed by atoms with van der Waals surface area (Å²) >= 11 is 6.86. The predicted octanol–water partition coefficient (Wildman–Crippen LogP) is 6.90. The van der Waals surface area contributed by atoms with Crippen LogP contribution in [0, 0.1) is 6.92 Å². The molecule has 0 N–H and O–H groups in total. The molecule has 7 heteroatoms. The van der Waals surface area contributed by atoms with Crippen molar-refractivity contribution in [2.45, 2.75) is 6.92 Å². The number of ether oxygens (including phenoxy) is 1. The maximum absolute atomic E-state index is 12.8. The van der Waals surface area contributed by atoms with Crippen molar-refractivity contribution in [1.82, 2.24) is 9.78 Å². The van der Waals surface area contributed by atoms with Crippen molar-refractivity contribution in [3.05, 3.63) is 101 Å². The summed E-state index contributed by atoms with van der Waals surface area (Å²) < 4.78 is 7.14. The van der Waals surface area contributed by atoms with Crippen LogP contribution in [0.2, 0.25) is 0 Å². The molecule has 0 radical (unpaired) electrons. The van der Waals surface area contributed by atoms with Crippen LogP contribution in [0.1, 0.15) is 11.1 Å². The number of thiocarbonyl (C=S) groups is 1. The molecule has 34 heavy (non-hydrogen) atoms. The molecule has 1 aliphatic heterocycles. The minimum atomic E-state index is -0.110. The Balaban J connectivity index is 1.57. The van der Waals surface area contributed by atoms with E-state index < -0.39 is 0 Å². The molecule has 5 rings (SSSR count). The molecule has 1 aliphatic rings. The Labute approximate surface area is 207 Å². The lowest BCUT2D eigenvalue weighted by atomic mass is 10.1. The molecule has 5 nitrogen and oxygen atoms in total. The molecule has 1 fully saturated rings. The highest BCUT2D eigenvalue weighted by atomic mass is 32.2. The van der Waals surface area contributed by atoms with Crippen LogP contribution in [0.25, 0.3) is 23.0 Å². The highest BCUT2D eigenvalue weighted by Crippen LogP contribution is 2.38. The number of aromatic nitrogens is 2. The van der Waals surface area contributed by atoms with Gasteiger partial charge in [0.15, 0.2) is 0 Å². The predicted molar refractivity (Wildman–Crippen MR) is 143 cm³/mol. The Kier molecular flexibility index (Phi) is 6.04. The molecule has 2 heterocycles. The van der Waals surface area contributed by atoms with E-state index in [-0.39, 0.29) is 5.24 Å². The van der Waals surface area contributed by atoms with Crippen molar-refractivity contribution in [1.29, 1.82) is 0 Å². The van der Waals surface area contributed by atoms with E-state index >= 15 is 0 Å². The van der Waals surface area contributed by atoms with Crippen molar-refractivity contribution in [3.63, 3.8) is 0 Å². The topological polar surface area (TPSA) is 47.4 Å². The number of methoxy groups -OCH3 is 1. The third-order valence-electron chi connectivity index (χ3n) is 5.50.